The number of hydrogen-bond acceptors (Lipinski definition) is 3. The summed E-state index contributed by atoms with van der Waals surface area (Å²) in [6, 6.07) is 0. The molecule has 0 bridgehead atoms. The molecule has 0 aliphatic carbocycles. The van der Waals surface area contributed by atoms with Gasteiger partial charge in [0.2, 0.25) is 5.91 Å². The lowest BCUT2D eigenvalue weighted by molar-refractivity contribution is -0.124. The third-order valence-electron chi connectivity index (χ3n) is 3.56. The van der Waals surface area contributed by atoms with Crippen LogP contribution in [0.3, 0.4) is 0 Å². The summed E-state index contributed by atoms with van der Waals surface area (Å²) in [5.41, 5.74) is 4.80. The van der Waals surface area contributed by atoms with E-state index in [1.54, 1.807) is 0 Å². The summed E-state index contributed by atoms with van der Waals surface area (Å²) in [4.78, 5) is 11.5. The third-order valence-corrected chi connectivity index (χ3v) is 3.56. The van der Waals surface area contributed by atoms with Crippen LogP contribution in [0, 0.1) is 5.92 Å². The maximum atomic E-state index is 11.5. The zero-order valence-electron chi connectivity index (χ0n) is 12.4. The second-order valence-corrected chi connectivity index (χ2v) is 5.13. The molecule has 4 heteroatoms. The number of nitrogens with two attached hydrogens (primary N) is 1. The number of carbonyl (C=O) groups excluding carboxylic acids is 1. The van der Waals surface area contributed by atoms with Crippen molar-refractivity contribution in [3.63, 3.8) is 0 Å². The number of rotatable bonds is 11. The number of primary amides is 1. The molecule has 0 saturated heterocycles. The highest BCUT2D eigenvalue weighted by Gasteiger charge is 2.29. The fourth-order valence-corrected chi connectivity index (χ4v) is 1.75. The number of carbonyl (C=O) groups is 1. The van der Waals surface area contributed by atoms with Crippen LogP contribution in [0.2, 0.25) is 0 Å². The number of ether oxygens (including phenoxy) is 1. The van der Waals surface area contributed by atoms with Crippen molar-refractivity contribution in [1.29, 1.82) is 0 Å². The Bertz CT molecular complexity index is 230. The first kappa shape index (κ1) is 17.4. The highest BCUT2D eigenvalue weighted by Crippen LogP contribution is 2.12. The normalized spacial score (nSPS) is 14.7. The van der Waals surface area contributed by atoms with Gasteiger partial charge in [-0.3, -0.25) is 4.79 Å². The van der Waals surface area contributed by atoms with Crippen molar-refractivity contribution < 1.29 is 9.53 Å². The number of hydrogen-bond donors (Lipinski definition) is 2. The maximum absolute atomic E-state index is 11.5. The minimum atomic E-state index is -0.649. The van der Waals surface area contributed by atoms with Gasteiger partial charge in [0.05, 0.1) is 5.54 Å². The van der Waals surface area contributed by atoms with Gasteiger partial charge in [-0.15, -0.1) is 0 Å². The van der Waals surface area contributed by atoms with Gasteiger partial charge in [0.25, 0.3) is 0 Å². The summed E-state index contributed by atoms with van der Waals surface area (Å²) in [7, 11) is 0. The zero-order valence-corrected chi connectivity index (χ0v) is 12.4. The van der Waals surface area contributed by atoms with E-state index < -0.39 is 5.54 Å². The van der Waals surface area contributed by atoms with Crippen LogP contribution in [0.1, 0.15) is 53.4 Å². The van der Waals surface area contributed by atoms with Gasteiger partial charge in [0.1, 0.15) is 0 Å². The van der Waals surface area contributed by atoms with Crippen molar-refractivity contribution in [2.24, 2.45) is 11.7 Å². The summed E-state index contributed by atoms with van der Waals surface area (Å²) in [5.74, 6) is 0.315. The van der Waals surface area contributed by atoms with Crippen molar-refractivity contribution in [3.8, 4) is 0 Å². The van der Waals surface area contributed by atoms with Crippen molar-refractivity contribution in [3.05, 3.63) is 0 Å². The van der Waals surface area contributed by atoms with Crippen LogP contribution in [-0.4, -0.2) is 31.2 Å². The van der Waals surface area contributed by atoms with Crippen LogP contribution in [-0.2, 0) is 9.53 Å². The molecule has 0 aromatic carbocycles. The summed E-state index contributed by atoms with van der Waals surface area (Å²) < 4.78 is 5.66. The quantitative estimate of drug-likeness (QED) is 0.558. The van der Waals surface area contributed by atoms with E-state index in [4.69, 9.17) is 10.5 Å². The molecule has 0 heterocycles. The van der Waals surface area contributed by atoms with Crippen molar-refractivity contribution in [1.82, 2.24) is 5.32 Å². The van der Waals surface area contributed by atoms with Crippen LogP contribution in [0.15, 0.2) is 0 Å². The highest BCUT2D eigenvalue weighted by molar-refractivity contribution is 5.84. The topological polar surface area (TPSA) is 64.3 Å². The lowest BCUT2D eigenvalue weighted by Crippen LogP contribution is -2.54. The van der Waals surface area contributed by atoms with Crippen LogP contribution in [0.25, 0.3) is 0 Å². The molecule has 1 amide bonds. The van der Waals surface area contributed by atoms with E-state index in [1.165, 1.54) is 0 Å². The van der Waals surface area contributed by atoms with Gasteiger partial charge >= 0.3 is 0 Å². The summed E-state index contributed by atoms with van der Waals surface area (Å²) in [6.07, 6.45) is 3.88. The molecule has 1 atom stereocenters. The van der Waals surface area contributed by atoms with Crippen molar-refractivity contribution in [2.75, 3.05) is 19.8 Å². The first-order valence-electron chi connectivity index (χ1n) is 7.12. The Balaban J connectivity index is 4.01. The van der Waals surface area contributed by atoms with E-state index in [0.29, 0.717) is 18.9 Å². The molecule has 0 aromatic rings. The predicted molar refractivity (Wildman–Crippen MR) is 75.4 cm³/mol. The molecule has 0 aliphatic heterocycles. The second-order valence-electron chi connectivity index (χ2n) is 5.13. The average molecular weight is 258 g/mol. The lowest BCUT2D eigenvalue weighted by Gasteiger charge is -2.27. The molecular weight excluding hydrogens is 228 g/mol. The van der Waals surface area contributed by atoms with Gasteiger partial charge in [0, 0.05) is 13.2 Å². The van der Waals surface area contributed by atoms with Gasteiger partial charge in [-0.1, -0.05) is 33.6 Å². The molecule has 0 radical (unpaired) electrons. The van der Waals surface area contributed by atoms with Gasteiger partial charge in [-0.25, -0.2) is 0 Å². The number of nitrogens with one attached hydrogen (secondary N) is 1. The van der Waals surface area contributed by atoms with Crippen LogP contribution < -0.4 is 11.1 Å². The molecule has 0 rings (SSSR count). The average Bonchev–Trinajstić information content (AvgIpc) is 2.36. The Morgan fingerprint density at radius 3 is 2.39 bits per heavy atom. The van der Waals surface area contributed by atoms with Crippen LogP contribution >= 0.6 is 0 Å². The highest BCUT2D eigenvalue weighted by atomic mass is 16.5. The number of amides is 1. The van der Waals surface area contributed by atoms with Gasteiger partial charge < -0.3 is 15.8 Å². The molecule has 0 fully saturated rings. The van der Waals surface area contributed by atoms with Crippen LogP contribution in [0.4, 0.5) is 0 Å². The molecule has 0 spiro atoms. The molecule has 1 unspecified atom stereocenters. The summed E-state index contributed by atoms with van der Waals surface area (Å²) in [5, 5.41) is 3.21. The maximum Gasteiger partial charge on any atom is 0.237 e. The van der Waals surface area contributed by atoms with E-state index in [2.05, 4.69) is 26.1 Å². The van der Waals surface area contributed by atoms with Gasteiger partial charge in [0.15, 0.2) is 0 Å². The minimum Gasteiger partial charge on any atom is -0.381 e. The molecule has 0 saturated carbocycles. The molecule has 0 aromatic heterocycles. The summed E-state index contributed by atoms with van der Waals surface area (Å²) in [6.45, 7) is 10.4. The fraction of sp³-hybridized carbons (Fsp3) is 0.929. The Morgan fingerprint density at radius 2 is 1.94 bits per heavy atom. The Kier molecular flexibility index (Phi) is 9.02. The van der Waals surface area contributed by atoms with E-state index in [0.717, 1.165) is 32.4 Å². The second kappa shape index (κ2) is 9.34. The third kappa shape index (κ3) is 6.36. The van der Waals surface area contributed by atoms with Crippen molar-refractivity contribution >= 4 is 5.91 Å². The zero-order chi connectivity index (χ0) is 14.0. The molecular formula is C14H30N2O2. The Hall–Kier alpha value is -0.610. The Labute approximate surface area is 112 Å². The van der Waals surface area contributed by atoms with Crippen LogP contribution in [0.5, 0.6) is 0 Å². The Morgan fingerprint density at radius 1 is 1.33 bits per heavy atom. The fourth-order valence-electron chi connectivity index (χ4n) is 1.75. The first-order chi connectivity index (χ1) is 8.50. The largest absolute Gasteiger partial charge is 0.381 e. The standard InChI is InChI=1S/C14H30N2O2/c1-5-9-16-14(4,13(15)17)8-10-18-11-12(6-2)7-3/h12,16H,5-11H2,1-4H3,(H2,15,17). The van der Waals surface area contributed by atoms with E-state index >= 15 is 0 Å². The smallest absolute Gasteiger partial charge is 0.237 e. The minimum absolute atomic E-state index is 0.304. The van der Waals surface area contributed by atoms with E-state index in [1.807, 2.05) is 6.92 Å². The van der Waals surface area contributed by atoms with E-state index in [-0.39, 0.29) is 5.91 Å². The van der Waals surface area contributed by atoms with Gasteiger partial charge in [-0.2, -0.15) is 0 Å². The van der Waals surface area contributed by atoms with Crippen molar-refractivity contribution in [2.45, 2.75) is 58.9 Å². The first-order valence-corrected chi connectivity index (χ1v) is 7.12. The lowest BCUT2D eigenvalue weighted by atomic mass is 9.97. The molecule has 108 valence electrons. The monoisotopic (exact) mass is 258 g/mol. The van der Waals surface area contributed by atoms with E-state index in [9.17, 15) is 4.79 Å². The summed E-state index contributed by atoms with van der Waals surface area (Å²) >= 11 is 0. The molecule has 4 nitrogen and oxygen atoms in total. The molecule has 18 heavy (non-hydrogen) atoms. The molecule has 0 aliphatic rings. The molecule has 3 N–H and O–H groups in total. The SMILES string of the molecule is CCCNC(C)(CCOCC(CC)CC)C(N)=O. The predicted octanol–water partition coefficient (Wildman–Crippen LogP) is 2.07. The van der Waals surface area contributed by atoms with Gasteiger partial charge in [-0.05, 0) is 32.2 Å².